The van der Waals surface area contributed by atoms with Gasteiger partial charge in [-0.25, -0.2) is 0 Å². The highest BCUT2D eigenvalue weighted by molar-refractivity contribution is 5.80. The second-order valence-electron chi connectivity index (χ2n) is 18.6. The van der Waals surface area contributed by atoms with Crippen LogP contribution in [0.2, 0.25) is 0 Å². The third-order valence-electron chi connectivity index (χ3n) is 12.6. The molecule has 0 bridgehead atoms. The lowest BCUT2D eigenvalue weighted by atomic mass is 10.00. The molecule has 0 aliphatic heterocycles. The quantitative estimate of drug-likeness (QED) is 0.0309. The van der Waals surface area contributed by atoms with Gasteiger partial charge in [0.2, 0.25) is 5.91 Å². The molecule has 0 saturated heterocycles. The summed E-state index contributed by atoms with van der Waals surface area (Å²) in [5.41, 5.74) is 0. The number of aliphatic hydroxyl groups is 4. The number of hydrogen-bond acceptors (Lipinski definition) is 5. The Bertz CT molecular complexity index is 909. The summed E-state index contributed by atoms with van der Waals surface area (Å²) in [6, 6.07) is -1.01. The maximum absolute atomic E-state index is 12.5. The zero-order valence-corrected chi connectivity index (χ0v) is 40.2. The van der Waals surface area contributed by atoms with Gasteiger partial charge in [-0.05, 0) is 51.4 Å². The molecule has 1 amide bonds. The van der Waals surface area contributed by atoms with Crippen molar-refractivity contribution in [1.29, 1.82) is 0 Å². The Morgan fingerprint density at radius 2 is 0.700 bits per heavy atom. The molecule has 0 spiro atoms. The molecule has 0 rings (SSSR count). The van der Waals surface area contributed by atoms with Crippen LogP contribution in [0.15, 0.2) is 24.3 Å². The van der Waals surface area contributed by atoms with E-state index in [4.69, 9.17) is 0 Å². The van der Waals surface area contributed by atoms with E-state index in [-0.39, 0.29) is 0 Å². The summed E-state index contributed by atoms with van der Waals surface area (Å²) < 4.78 is 0. The predicted molar refractivity (Wildman–Crippen MR) is 261 cm³/mol. The fourth-order valence-corrected chi connectivity index (χ4v) is 8.42. The Morgan fingerprint density at radius 3 is 1.05 bits per heavy atom. The lowest BCUT2D eigenvalue weighted by Crippen LogP contribution is -2.53. The number of carbonyl (C=O) groups is 1. The molecule has 0 aromatic carbocycles. The first-order valence-electron chi connectivity index (χ1n) is 26.7. The van der Waals surface area contributed by atoms with Gasteiger partial charge < -0.3 is 25.7 Å². The summed E-state index contributed by atoms with van der Waals surface area (Å²) in [5.74, 6) is -0.594. The molecule has 6 heteroatoms. The average Bonchev–Trinajstić information content (AvgIpc) is 3.25. The van der Waals surface area contributed by atoms with Crippen LogP contribution in [-0.4, -0.2) is 57.3 Å². The van der Waals surface area contributed by atoms with Gasteiger partial charge in [-0.15, -0.1) is 0 Å². The van der Waals surface area contributed by atoms with Crippen molar-refractivity contribution < 1.29 is 25.2 Å². The first-order chi connectivity index (χ1) is 29.5. The van der Waals surface area contributed by atoms with E-state index in [0.29, 0.717) is 19.3 Å². The van der Waals surface area contributed by atoms with Gasteiger partial charge in [-0.3, -0.25) is 4.79 Å². The van der Waals surface area contributed by atoms with Crippen LogP contribution >= 0.6 is 0 Å². The van der Waals surface area contributed by atoms with Crippen molar-refractivity contribution in [3.63, 3.8) is 0 Å². The first kappa shape index (κ1) is 58.8. The third-order valence-corrected chi connectivity index (χ3v) is 12.6. The molecule has 0 aromatic heterocycles. The highest BCUT2D eigenvalue weighted by Crippen LogP contribution is 2.17. The summed E-state index contributed by atoms with van der Waals surface area (Å²) >= 11 is 0. The van der Waals surface area contributed by atoms with Crippen molar-refractivity contribution in [3.8, 4) is 0 Å². The molecule has 0 aliphatic carbocycles. The van der Waals surface area contributed by atoms with Crippen LogP contribution in [0.1, 0.15) is 284 Å². The van der Waals surface area contributed by atoms with Crippen LogP contribution in [0.3, 0.4) is 0 Å². The predicted octanol–water partition coefficient (Wildman–Crippen LogP) is 15.1. The van der Waals surface area contributed by atoms with E-state index in [2.05, 4.69) is 43.5 Å². The van der Waals surface area contributed by atoms with Gasteiger partial charge in [0.25, 0.3) is 0 Å². The largest absolute Gasteiger partial charge is 0.394 e. The van der Waals surface area contributed by atoms with Crippen LogP contribution in [0.4, 0.5) is 0 Å². The van der Waals surface area contributed by atoms with Crippen LogP contribution in [-0.2, 0) is 4.79 Å². The van der Waals surface area contributed by atoms with E-state index in [1.807, 2.05) is 0 Å². The highest BCUT2D eigenvalue weighted by Gasteiger charge is 2.28. The summed E-state index contributed by atoms with van der Waals surface area (Å²) in [7, 11) is 0. The van der Waals surface area contributed by atoms with Crippen molar-refractivity contribution in [3.05, 3.63) is 24.3 Å². The molecule has 0 radical (unpaired) electrons. The summed E-state index contributed by atoms with van der Waals surface area (Å²) in [5, 5.41) is 43.8. The minimum atomic E-state index is -1.29. The lowest BCUT2D eigenvalue weighted by molar-refractivity contribution is -0.132. The molecule has 5 N–H and O–H groups in total. The molecule has 356 valence electrons. The Morgan fingerprint density at radius 1 is 0.400 bits per heavy atom. The number of nitrogens with one attached hydrogen (secondary N) is 1. The normalized spacial score (nSPS) is 14.0. The Balaban J connectivity index is 3.66. The minimum Gasteiger partial charge on any atom is -0.394 e. The second kappa shape index (κ2) is 48.8. The van der Waals surface area contributed by atoms with Crippen LogP contribution in [0.5, 0.6) is 0 Å². The first-order valence-corrected chi connectivity index (χ1v) is 26.7. The molecule has 0 aromatic rings. The van der Waals surface area contributed by atoms with Crippen molar-refractivity contribution in [2.75, 3.05) is 6.61 Å². The maximum atomic E-state index is 12.5. The molecule has 60 heavy (non-hydrogen) atoms. The van der Waals surface area contributed by atoms with E-state index in [9.17, 15) is 25.2 Å². The van der Waals surface area contributed by atoms with E-state index >= 15 is 0 Å². The fourth-order valence-electron chi connectivity index (χ4n) is 8.42. The number of hydrogen-bond donors (Lipinski definition) is 5. The third kappa shape index (κ3) is 42.1. The Labute approximate surface area is 374 Å². The standard InChI is InChI=1S/C54H105NO5/c1-3-5-7-9-11-13-15-17-19-20-21-22-23-24-25-26-27-28-29-30-31-32-34-35-37-39-41-43-45-47-51(57)53(59)50(49-56)55-54(60)52(58)48-46-44-42-40-38-36-33-18-16-14-12-10-8-6-4-2/h32,34,39,41,50-53,56-59H,3-31,33,35-38,40,42-49H2,1-2H3,(H,55,60)/b34-32+,41-39+. The van der Waals surface area contributed by atoms with Gasteiger partial charge in [0.15, 0.2) is 0 Å². The molecule has 0 fully saturated rings. The summed E-state index contributed by atoms with van der Waals surface area (Å²) in [6.45, 7) is 4.06. The topological polar surface area (TPSA) is 110 Å². The van der Waals surface area contributed by atoms with E-state index < -0.39 is 36.9 Å². The molecular formula is C54H105NO5. The van der Waals surface area contributed by atoms with Gasteiger partial charge in [0, 0.05) is 0 Å². The zero-order valence-electron chi connectivity index (χ0n) is 40.2. The SMILES string of the molecule is CCCCCCCCCCCCCCCCCCCCCC/C=C/CC/C=C/CCCC(O)C(O)C(CO)NC(=O)C(O)CCCCCCCCCCCCCCCCC. The second-order valence-corrected chi connectivity index (χ2v) is 18.6. The van der Waals surface area contributed by atoms with Crippen LogP contribution in [0, 0.1) is 0 Å². The van der Waals surface area contributed by atoms with Crippen LogP contribution < -0.4 is 5.32 Å². The molecule has 4 atom stereocenters. The number of rotatable bonds is 49. The number of unbranched alkanes of at least 4 members (excludes halogenated alkanes) is 36. The Kier molecular flexibility index (Phi) is 47.8. The molecule has 0 saturated carbocycles. The van der Waals surface area contributed by atoms with Gasteiger partial charge >= 0.3 is 0 Å². The van der Waals surface area contributed by atoms with Crippen molar-refractivity contribution in [1.82, 2.24) is 5.32 Å². The lowest BCUT2D eigenvalue weighted by Gasteiger charge is -2.27. The molecule has 4 unspecified atom stereocenters. The highest BCUT2D eigenvalue weighted by atomic mass is 16.3. The molecule has 0 aliphatic rings. The van der Waals surface area contributed by atoms with Crippen molar-refractivity contribution in [2.45, 2.75) is 308 Å². The molecule has 6 nitrogen and oxygen atoms in total. The summed E-state index contributed by atoms with van der Waals surface area (Å²) in [4.78, 5) is 12.5. The maximum Gasteiger partial charge on any atom is 0.249 e. The number of carbonyl (C=O) groups excluding carboxylic acids is 1. The van der Waals surface area contributed by atoms with Crippen molar-refractivity contribution in [2.24, 2.45) is 0 Å². The number of amides is 1. The van der Waals surface area contributed by atoms with Gasteiger partial charge in [-0.2, -0.15) is 0 Å². The number of aliphatic hydroxyl groups excluding tert-OH is 4. The zero-order chi connectivity index (χ0) is 43.8. The van der Waals surface area contributed by atoms with Gasteiger partial charge in [0.1, 0.15) is 12.2 Å². The minimum absolute atomic E-state index is 0.364. The van der Waals surface area contributed by atoms with E-state index in [0.717, 1.165) is 38.5 Å². The fraction of sp³-hybridized carbons (Fsp3) is 0.907. The van der Waals surface area contributed by atoms with E-state index in [1.54, 1.807) is 0 Å². The molecular weight excluding hydrogens is 743 g/mol. The summed E-state index contributed by atoms with van der Waals surface area (Å²) in [6.07, 6.45) is 58.2. The van der Waals surface area contributed by atoms with Crippen LogP contribution in [0.25, 0.3) is 0 Å². The van der Waals surface area contributed by atoms with Gasteiger partial charge in [0.05, 0.1) is 18.8 Å². The smallest absolute Gasteiger partial charge is 0.249 e. The van der Waals surface area contributed by atoms with Gasteiger partial charge in [-0.1, -0.05) is 256 Å². The van der Waals surface area contributed by atoms with Crippen molar-refractivity contribution >= 4 is 5.91 Å². The monoisotopic (exact) mass is 848 g/mol. The Hall–Kier alpha value is -1.21. The number of allylic oxidation sites excluding steroid dienone is 4. The van der Waals surface area contributed by atoms with E-state index in [1.165, 1.54) is 212 Å². The molecule has 0 heterocycles. The average molecular weight is 848 g/mol.